The van der Waals surface area contributed by atoms with Crippen LogP contribution in [0.3, 0.4) is 0 Å². The molecule has 1 N–H and O–H groups in total. The van der Waals surface area contributed by atoms with Crippen molar-refractivity contribution in [2.24, 2.45) is 11.3 Å². The molecule has 0 aromatic carbocycles. The smallest absolute Gasteiger partial charge is 0.145 e. The fourth-order valence-corrected chi connectivity index (χ4v) is 1.90. The molecule has 0 saturated heterocycles. The highest BCUT2D eigenvalue weighted by Crippen LogP contribution is 2.48. The van der Waals surface area contributed by atoms with Crippen molar-refractivity contribution in [3.63, 3.8) is 0 Å². The van der Waals surface area contributed by atoms with Crippen LogP contribution in [0, 0.1) is 11.3 Å². The minimum atomic E-state index is -0.431. The van der Waals surface area contributed by atoms with Gasteiger partial charge < -0.3 is 5.11 Å². The quantitative estimate of drug-likeness (QED) is 0.536. The second-order valence-corrected chi connectivity index (χ2v) is 3.13. The lowest BCUT2D eigenvalue weighted by Gasteiger charge is -2.34. The van der Waals surface area contributed by atoms with E-state index < -0.39 is 5.41 Å². The van der Waals surface area contributed by atoms with E-state index in [2.05, 4.69) is 0 Å². The molecule has 2 heteroatoms. The van der Waals surface area contributed by atoms with Crippen LogP contribution in [0.2, 0.25) is 0 Å². The summed E-state index contributed by atoms with van der Waals surface area (Å²) in [6.45, 7) is 0.00694. The summed E-state index contributed by atoms with van der Waals surface area (Å²) in [6, 6.07) is 0. The second kappa shape index (κ2) is 1.70. The maximum Gasteiger partial charge on any atom is 0.145 e. The molecule has 2 nitrogen and oxygen atoms in total. The Morgan fingerprint density at radius 2 is 2.60 bits per heavy atom. The molecule has 1 fully saturated rings. The summed E-state index contributed by atoms with van der Waals surface area (Å²) in [5.41, 5.74) is -0.431. The Bertz CT molecular complexity index is 207. The minimum absolute atomic E-state index is 0.00694. The number of fused-ring (bicyclic) bond motifs is 1. The van der Waals surface area contributed by atoms with E-state index in [1.165, 1.54) is 0 Å². The first-order valence-electron chi connectivity index (χ1n) is 3.63. The summed E-state index contributed by atoms with van der Waals surface area (Å²) in [5.74, 6) is 0.576. The van der Waals surface area contributed by atoms with Crippen LogP contribution in [0.25, 0.3) is 0 Å². The van der Waals surface area contributed by atoms with E-state index in [4.69, 9.17) is 5.11 Å². The van der Waals surface area contributed by atoms with Crippen LogP contribution >= 0.6 is 0 Å². The number of Topliss-reactive ketones (excluding diaryl/α,β-unsaturated/α-hetero) is 1. The van der Waals surface area contributed by atoms with Gasteiger partial charge in [0.2, 0.25) is 0 Å². The minimum Gasteiger partial charge on any atom is -0.395 e. The van der Waals surface area contributed by atoms with Crippen LogP contribution in [0.5, 0.6) is 0 Å². The predicted molar refractivity (Wildman–Crippen MR) is 36.4 cm³/mol. The number of aliphatic hydroxyl groups is 1. The van der Waals surface area contributed by atoms with Crippen molar-refractivity contribution in [1.29, 1.82) is 0 Å². The number of ketones is 1. The molecule has 2 atom stereocenters. The lowest BCUT2D eigenvalue weighted by molar-refractivity contribution is -0.126. The Kier molecular flexibility index (Phi) is 1.04. The van der Waals surface area contributed by atoms with E-state index in [9.17, 15) is 4.79 Å². The number of carbonyl (C=O) groups excluding carboxylic acids is 1. The highest BCUT2D eigenvalue weighted by Gasteiger charge is 2.51. The van der Waals surface area contributed by atoms with Crippen LogP contribution in [0.1, 0.15) is 12.8 Å². The van der Waals surface area contributed by atoms with E-state index in [1.54, 1.807) is 0 Å². The standard InChI is InChI=1S/C8H10O2/c9-5-8-4-3-6(8)1-2-7(8)10/h3-4,6,9H,1-2,5H2. The van der Waals surface area contributed by atoms with E-state index in [1.807, 2.05) is 12.2 Å². The first-order chi connectivity index (χ1) is 4.79. The Morgan fingerprint density at radius 3 is 2.90 bits per heavy atom. The zero-order valence-corrected chi connectivity index (χ0v) is 5.71. The summed E-state index contributed by atoms with van der Waals surface area (Å²) in [6.07, 6.45) is 5.47. The number of aliphatic hydroxyl groups excluding tert-OH is 1. The molecule has 0 aromatic heterocycles. The van der Waals surface area contributed by atoms with Gasteiger partial charge in [0.1, 0.15) is 5.78 Å². The molecule has 2 aliphatic carbocycles. The SMILES string of the molecule is O=C1CCC2C=CC12CO. The number of hydrogen-bond acceptors (Lipinski definition) is 2. The van der Waals surface area contributed by atoms with Gasteiger partial charge in [0, 0.05) is 6.42 Å². The third-order valence-corrected chi connectivity index (χ3v) is 2.75. The molecule has 0 spiro atoms. The van der Waals surface area contributed by atoms with Gasteiger partial charge in [0.25, 0.3) is 0 Å². The predicted octanol–water partition coefficient (Wildman–Crippen LogP) is 0.514. The first kappa shape index (κ1) is 6.10. The van der Waals surface area contributed by atoms with Gasteiger partial charge in [-0.2, -0.15) is 0 Å². The Labute approximate surface area is 59.5 Å². The van der Waals surface area contributed by atoms with E-state index in [0.717, 1.165) is 6.42 Å². The summed E-state index contributed by atoms with van der Waals surface area (Å²) in [5, 5.41) is 8.95. The molecule has 0 amide bonds. The Morgan fingerprint density at radius 1 is 1.80 bits per heavy atom. The molecule has 2 aliphatic rings. The topological polar surface area (TPSA) is 37.3 Å². The van der Waals surface area contributed by atoms with Gasteiger partial charge in [-0.05, 0) is 12.3 Å². The molecule has 1 saturated carbocycles. The summed E-state index contributed by atoms with van der Waals surface area (Å²) < 4.78 is 0. The van der Waals surface area contributed by atoms with Crippen molar-refractivity contribution in [2.75, 3.05) is 6.61 Å². The normalized spacial score (nSPS) is 43.3. The summed E-state index contributed by atoms with van der Waals surface area (Å²) >= 11 is 0. The fraction of sp³-hybridized carbons (Fsp3) is 0.625. The van der Waals surface area contributed by atoms with Crippen LogP contribution in [0.4, 0.5) is 0 Å². The van der Waals surface area contributed by atoms with Crippen molar-refractivity contribution >= 4 is 5.78 Å². The van der Waals surface area contributed by atoms with Gasteiger partial charge in [-0.15, -0.1) is 0 Å². The number of rotatable bonds is 1. The summed E-state index contributed by atoms with van der Waals surface area (Å²) in [7, 11) is 0. The fourth-order valence-electron chi connectivity index (χ4n) is 1.90. The van der Waals surface area contributed by atoms with Gasteiger partial charge in [-0.1, -0.05) is 12.2 Å². The van der Waals surface area contributed by atoms with Crippen LogP contribution in [-0.2, 0) is 4.79 Å². The largest absolute Gasteiger partial charge is 0.395 e. The average molecular weight is 138 g/mol. The molecule has 0 bridgehead atoms. The third kappa shape index (κ3) is 0.465. The van der Waals surface area contributed by atoms with Crippen molar-refractivity contribution in [3.8, 4) is 0 Å². The Balaban J connectivity index is 2.34. The van der Waals surface area contributed by atoms with Crippen molar-refractivity contribution in [2.45, 2.75) is 12.8 Å². The molecule has 0 radical (unpaired) electrons. The van der Waals surface area contributed by atoms with Gasteiger partial charge in [-0.25, -0.2) is 0 Å². The van der Waals surface area contributed by atoms with E-state index in [-0.39, 0.29) is 12.4 Å². The average Bonchev–Trinajstić information content (AvgIpc) is 2.06. The van der Waals surface area contributed by atoms with Gasteiger partial charge >= 0.3 is 0 Å². The lowest BCUT2D eigenvalue weighted by atomic mass is 9.69. The van der Waals surface area contributed by atoms with E-state index >= 15 is 0 Å². The number of hydrogen-bond donors (Lipinski definition) is 1. The summed E-state index contributed by atoms with van der Waals surface area (Å²) in [4.78, 5) is 11.2. The second-order valence-electron chi connectivity index (χ2n) is 3.13. The van der Waals surface area contributed by atoms with Crippen molar-refractivity contribution in [3.05, 3.63) is 12.2 Å². The zero-order chi connectivity index (χ0) is 7.19. The van der Waals surface area contributed by atoms with Crippen molar-refractivity contribution in [1.82, 2.24) is 0 Å². The molecule has 2 unspecified atom stereocenters. The zero-order valence-electron chi connectivity index (χ0n) is 5.71. The third-order valence-electron chi connectivity index (χ3n) is 2.75. The molecule has 2 rings (SSSR count). The Hall–Kier alpha value is -0.630. The molecular formula is C8H10O2. The molecule has 0 heterocycles. The number of allylic oxidation sites excluding steroid dienone is 1. The molecule has 0 aromatic rings. The van der Waals surface area contributed by atoms with Crippen molar-refractivity contribution < 1.29 is 9.90 Å². The van der Waals surface area contributed by atoms with Crippen LogP contribution in [-0.4, -0.2) is 17.5 Å². The molecular weight excluding hydrogens is 128 g/mol. The molecule has 54 valence electrons. The highest BCUT2D eigenvalue weighted by molar-refractivity contribution is 5.91. The van der Waals surface area contributed by atoms with Crippen LogP contribution < -0.4 is 0 Å². The molecule has 10 heavy (non-hydrogen) atoms. The maximum atomic E-state index is 11.2. The van der Waals surface area contributed by atoms with E-state index in [0.29, 0.717) is 12.3 Å². The number of carbonyl (C=O) groups is 1. The highest BCUT2D eigenvalue weighted by atomic mass is 16.3. The van der Waals surface area contributed by atoms with Crippen LogP contribution in [0.15, 0.2) is 12.2 Å². The molecule has 0 aliphatic heterocycles. The van der Waals surface area contributed by atoms with Gasteiger partial charge in [-0.3, -0.25) is 4.79 Å². The monoisotopic (exact) mass is 138 g/mol. The first-order valence-corrected chi connectivity index (χ1v) is 3.63. The maximum absolute atomic E-state index is 11.2. The lowest BCUT2D eigenvalue weighted by Crippen LogP contribution is -2.38. The van der Waals surface area contributed by atoms with Gasteiger partial charge in [0.05, 0.1) is 12.0 Å². The van der Waals surface area contributed by atoms with Gasteiger partial charge in [0.15, 0.2) is 0 Å².